The molecule has 3 aromatic rings. The third-order valence-corrected chi connectivity index (χ3v) is 8.34. The van der Waals surface area contributed by atoms with Gasteiger partial charge in [-0.05, 0) is 42.3 Å². The van der Waals surface area contributed by atoms with E-state index >= 15 is 0 Å². The monoisotopic (exact) mass is 550 g/mol. The molecule has 0 spiro atoms. The Hall–Kier alpha value is -3.29. The van der Waals surface area contributed by atoms with Crippen molar-refractivity contribution >= 4 is 32.7 Å². The summed E-state index contributed by atoms with van der Waals surface area (Å²) < 4.78 is 65.7. The van der Waals surface area contributed by atoms with Gasteiger partial charge < -0.3 is 11.1 Å². The van der Waals surface area contributed by atoms with Gasteiger partial charge in [0.1, 0.15) is 17.7 Å². The van der Waals surface area contributed by atoms with Crippen LogP contribution in [0.2, 0.25) is 0 Å². The average Bonchev–Trinajstić information content (AvgIpc) is 2.86. The van der Waals surface area contributed by atoms with E-state index in [4.69, 9.17) is 5.73 Å². The molecule has 4 rings (SSSR count). The van der Waals surface area contributed by atoms with Crippen LogP contribution in [0.4, 0.5) is 19.0 Å². The largest absolute Gasteiger partial charge is 0.416 e. The van der Waals surface area contributed by atoms with Crippen molar-refractivity contribution in [2.45, 2.75) is 37.5 Å². The van der Waals surface area contributed by atoms with E-state index < -0.39 is 33.7 Å². The highest BCUT2D eigenvalue weighted by Gasteiger charge is 2.33. The Kier molecular flexibility index (Phi) is 7.90. The van der Waals surface area contributed by atoms with Crippen LogP contribution in [0.1, 0.15) is 25.2 Å². The second kappa shape index (κ2) is 10.8. The molecular weight excluding hydrogens is 521 g/mol. The zero-order chi connectivity index (χ0) is 27.7. The standard InChI is InChI=1S/C25H29F3N6O3S/c1-16(2)22(23(29)35)32-24-19-5-3-4-6-20(19)30-21(31-24)15-33-11-13-34(14-12-33)38(36,37)18-9-7-17(8-10-18)25(26,27)28/h3-10,16,22H,11-15H2,1-2H3,(H2,29,35)(H,30,31,32)/t22-/m0/s1. The number of anilines is 1. The summed E-state index contributed by atoms with van der Waals surface area (Å²) in [5, 5.41) is 3.90. The zero-order valence-corrected chi connectivity index (χ0v) is 21.8. The Bertz CT molecular complexity index is 1410. The number of benzene rings is 2. The highest BCUT2D eigenvalue weighted by Crippen LogP contribution is 2.30. The van der Waals surface area contributed by atoms with Crippen LogP contribution in [0.5, 0.6) is 0 Å². The number of carbonyl (C=O) groups excluding carboxylic acids is 1. The second-order valence-corrected chi connectivity index (χ2v) is 11.4. The molecule has 1 saturated heterocycles. The number of nitrogens with zero attached hydrogens (tertiary/aromatic N) is 4. The molecular formula is C25H29F3N6O3S. The molecule has 1 aliphatic rings. The fraction of sp³-hybridized carbons (Fsp3) is 0.400. The minimum absolute atomic E-state index is 0.0654. The van der Waals surface area contributed by atoms with Crippen LogP contribution in [0.3, 0.4) is 0 Å². The van der Waals surface area contributed by atoms with Gasteiger partial charge in [-0.1, -0.05) is 26.0 Å². The molecule has 13 heteroatoms. The normalized spacial score (nSPS) is 16.6. The third-order valence-electron chi connectivity index (χ3n) is 6.43. The van der Waals surface area contributed by atoms with E-state index in [1.54, 1.807) is 0 Å². The smallest absolute Gasteiger partial charge is 0.368 e. The lowest BCUT2D eigenvalue weighted by atomic mass is 10.0. The molecule has 2 aromatic carbocycles. The van der Waals surface area contributed by atoms with Crippen molar-refractivity contribution in [1.82, 2.24) is 19.2 Å². The number of para-hydroxylation sites is 1. The molecule has 0 radical (unpaired) electrons. The topological polar surface area (TPSA) is 122 Å². The zero-order valence-electron chi connectivity index (χ0n) is 20.9. The molecule has 204 valence electrons. The third kappa shape index (κ3) is 6.05. The van der Waals surface area contributed by atoms with Gasteiger partial charge in [-0.2, -0.15) is 17.5 Å². The van der Waals surface area contributed by atoms with Crippen LogP contribution < -0.4 is 11.1 Å². The summed E-state index contributed by atoms with van der Waals surface area (Å²) in [5.41, 5.74) is 5.37. The van der Waals surface area contributed by atoms with Crippen molar-refractivity contribution in [1.29, 1.82) is 0 Å². The number of amides is 1. The summed E-state index contributed by atoms with van der Waals surface area (Å²) >= 11 is 0. The van der Waals surface area contributed by atoms with Gasteiger partial charge in [0, 0.05) is 31.6 Å². The van der Waals surface area contributed by atoms with Crippen LogP contribution in [-0.4, -0.2) is 65.7 Å². The number of primary amides is 1. The lowest BCUT2D eigenvalue weighted by molar-refractivity contribution is -0.137. The highest BCUT2D eigenvalue weighted by atomic mass is 32.2. The number of sulfonamides is 1. The summed E-state index contributed by atoms with van der Waals surface area (Å²) in [6.45, 7) is 5.20. The minimum atomic E-state index is -4.54. The lowest BCUT2D eigenvalue weighted by Crippen LogP contribution is -2.48. The molecule has 1 aromatic heterocycles. The van der Waals surface area contributed by atoms with Gasteiger partial charge in [-0.25, -0.2) is 18.4 Å². The first-order chi connectivity index (χ1) is 17.9. The number of alkyl halides is 3. The Morgan fingerprint density at radius 3 is 2.24 bits per heavy atom. The number of aromatic nitrogens is 2. The summed E-state index contributed by atoms with van der Waals surface area (Å²) in [6, 6.07) is 10.3. The molecule has 1 aliphatic heterocycles. The van der Waals surface area contributed by atoms with Gasteiger partial charge >= 0.3 is 6.18 Å². The van der Waals surface area contributed by atoms with Crippen molar-refractivity contribution in [3.05, 3.63) is 59.9 Å². The molecule has 0 unspecified atom stereocenters. The van der Waals surface area contributed by atoms with Crippen molar-refractivity contribution in [3.8, 4) is 0 Å². The molecule has 2 heterocycles. The molecule has 1 atom stereocenters. The van der Waals surface area contributed by atoms with Crippen molar-refractivity contribution < 1.29 is 26.4 Å². The molecule has 0 saturated carbocycles. The predicted octanol–water partition coefficient (Wildman–Crippen LogP) is 3.08. The minimum Gasteiger partial charge on any atom is -0.368 e. The van der Waals surface area contributed by atoms with E-state index in [9.17, 15) is 26.4 Å². The number of rotatable bonds is 8. The van der Waals surface area contributed by atoms with Crippen LogP contribution in [0.15, 0.2) is 53.4 Å². The maximum atomic E-state index is 13.0. The summed E-state index contributed by atoms with van der Waals surface area (Å²) in [5.74, 6) is 0.433. The Labute approximate surface area is 218 Å². The van der Waals surface area contributed by atoms with Crippen LogP contribution in [0.25, 0.3) is 10.9 Å². The van der Waals surface area contributed by atoms with Gasteiger partial charge in [0.25, 0.3) is 0 Å². The molecule has 0 bridgehead atoms. The predicted molar refractivity (Wildman–Crippen MR) is 136 cm³/mol. The van der Waals surface area contributed by atoms with Crippen LogP contribution in [0, 0.1) is 5.92 Å². The first-order valence-corrected chi connectivity index (χ1v) is 13.5. The average molecular weight is 551 g/mol. The number of nitrogens with one attached hydrogen (secondary N) is 1. The first-order valence-electron chi connectivity index (χ1n) is 12.1. The molecule has 1 amide bonds. The second-order valence-electron chi connectivity index (χ2n) is 9.48. The van der Waals surface area contributed by atoms with Crippen molar-refractivity contribution in [2.75, 3.05) is 31.5 Å². The maximum absolute atomic E-state index is 13.0. The molecule has 38 heavy (non-hydrogen) atoms. The number of hydrogen-bond acceptors (Lipinski definition) is 7. The van der Waals surface area contributed by atoms with Crippen molar-refractivity contribution in [3.63, 3.8) is 0 Å². The summed E-state index contributed by atoms with van der Waals surface area (Å²) in [7, 11) is -3.93. The van der Waals surface area contributed by atoms with E-state index in [0.717, 1.165) is 29.7 Å². The fourth-order valence-electron chi connectivity index (χ4n) is 4.31. The lowest BCUT2D eigenvalue weighted by Gasteiger charge is -2.33. The summed E-state index contributed by atoms with van der Waals surface area (Å²) in [4.78, 5) is 23.1. The van der Waals surface area contributed by atoms with Crippen LogP contribution >= 0.6 is 0 Å². The number of hydrogen-bond donors (Lipinski definition) is 2. The number of piperazine rings is 1. The van der Waals surface area contributed by atoms with Gasteiger partial charge in [-0.15, -0.1) is 0 Å². The van der Waals surface area contributed by atoms with Gasteiger partial charge in [-0.3, -0.25) is 9.69 Å². The van der Waals surface area contributed by atoms with E-state index in [1.165, 1.54) is 4.31 Å². The van der Waals surface area contributed by atoms with Gasteiger partial charge in [0.2, 0.25) is 15.9 Å². The quantitative estimate of drug-likeness (QED) is 0.442. The number of nitrogens with two attached hydrogens (primary N) is 1. The number of fused-ring (bicyclic) bond motifs is 1. The molecule has 3 N–H and O–H groups in total. The van der Waals surface area contributed by atoms with E-state index in [1.807, 2.05) is 43.0 Å². The number of halogens is 3. The van der Waals surface area contributed by atoms with Gasteiger partial charge in [0.15, 0.2) is 0 Å². The summed E-state index contributed by atoms with van der Waals surface area (Å²) in [6.07, 6.45) is -4.54. The number of carbonyl (C=O) groups is 1. The van der Waals surface area contributed by atoms with Crippen molar-refractivity contribution in [2.24, 2.45) is 11.7 Å². The SMILES string of the molecule is CC(C)[C@H](Nc1nc(CN2CCN(S(=O)(=O)c3ccc(C(F)(F)F)cc3)CC2)nc2ccccc12)C(N)=O. The van der Waals surface area contributed by atoms with Gasteiger partial charge in [0.05, 0.1) is 22.5 Å². The molecule has 0 aliphatic carbocycles. The molecule has 9 nitrogen and oxygen atoms in total. The first kappa shape index (κ1) is 27.7. The van der Waals surface area contributed by atoms with Crippen LogP contribution in [-0.2, 0) is 27.5 Å². The van der Waals surface area contributed by atoms with E-state index in [-0.39, 0.29) is 23.9 Å². The Morgan fingerprint density at radius 1 is 1.03 bits per heavy atom. The maximum Gasteiger partial charge on any atom is 0.416 e. The Morgan fingerprint density at radius 2 is 1.66 bits per heavy atom. The van der Waals surface area contributed by atoms with E-state index in [2.05, 4.69) is 15.3 Å². The fourth-order valence-corrected chi connectivity index (χ4v) is 5.73. The molecule has 1 fully saturated rings. The highest BCUT2D eigenvalue weighted by molar-refractivity contribution is 7.89. The van der Waals surface area contributed by atoms with E-state index in [0.29, 0.717) is 36.8 Å². The Balaban J connectivity index is 1.47.